The minimum absolute atomic E-state index is 0.338. The molecule has 0 saturated carbocycles. The molecular weight excluding hydrogens is 260 g/mol. The molecule has 3 heteroatoms. The standard InChI is InChI=1S/C18H30N2O/c1-3-4-13-21-17-10-8-16(9-11-17)18(14-19)20-12-6-5-7-15(20)2/h8-11,15,18H,3-7,12-14,19H2,1-2H3. The lowest BCUT2D eigenvalue weighted by Gasteiger charge is -2.39. The van der Waals surface area contributed by atoms with Gasteiger partial charge in [0.15, 0.2) is 0 Å². The smallest absolute Gasteiger partial charge is 0.119 e. The van der Waals surface area contributed by atoms with Gasteiger partial charge in [0.1, 0.15) is 5.75 Å². The molecule has 1 heterocycles. The molecule has 0 radical (unpaired) electrons. The van der Waals surface area contributed by atoms with Crippen molar-refractivity contribution in [1.29, 1.82) is 0 Å². The Bertz CT molecular complexity index is 404. The minimum atomic E-state index is 0.338. The number of nitrogens with zero attached hydrogens (tertiary/aromatic N) is 1. The number of hydrogen-bond donors (Lipinski definition) is 1. The first-order chi connectivity index (χ1) is 10.3. The maximum atomic E-state index is 6.06. The molecule has 2 rings (SSSR count). The normalized spacial score (nSPS) is 21.2. The lowest BCUT2D eigenvalue weighted by Crippen LogP contribution is -2.43. The molecule has 21 heavy (non-hydrogen) atoms. The fraction of sp³-hybridized carbons (Fsp3) is 0.667. The molecule has 0 spiro atoms. The molecule has 3 nitrogen and oxygen atoms in total. The molecule has 0 bridgehead atoms. The highest BCUT2D eigenvalue weighted by Crippen LogP contribution is 2.28. The van der Waals surface area contributed by atoms with Crippen LogP contribution >= 0.6 is 0 Å². The lowest BCUT2D eigenvalue weighted by atomic mass is 9.97. The fourth-order valence-electron chi connectivity index (χ4n) is 3.17. The molecular formula is C18H30N2O. The van der Waals surface area contributed by atoms with Gasteiger partial charge in [-0.15, -0.1) is 0 Å². The van der Waals surface area contributed by atoms with Crippen LogP contribution in [0.2, 0.25) is 0 Å². The minimum Gasteiger partial charge on any atom is -0.494 e. The molecule has 2 atom stereocenters. The highest BCUT2D eigenvalue weighted by Gasteiger charge is 2.26. The Hall–Kier alpha value is -1.06. The van der Waals surface area contributed by atoms with E-state index in [1.807, 2.05) is 0 Å². The number of rotatable bonds is 7. The summed E-state index contributed by atoms with van der Waals surface area (Å²) >= 11 is 0. The summed E-state index contributed by atoms with van der Waals surface area (Å²) in [4.78, 5) is 2.57. The Kier molecular flexibility index (Phi) is 6.52. The maximum absolute atomic E-state index is 6.06. The van der Waals surface area contributed by atoms with Crippen molar-refractivity contribution in [1.82, 2.24) is 4.90 Å². The lowest BCUT2D eigenvalue weighted by molar-refractivity contribution is 0.109. The third-order valence-electron chi connectivity index (χ3n) is 4.51. The van der Waals surface area contributed by atoms with Gasteiger partial charge in [-0.2, -0.15) is 0 Å². The number of benzene rings is 1. The molecule has 1 fully saturated rings. The summed E-state index contributed by atoms with van der Waals surface area (Å²) in [6.07, 6.45) is 6.20. The topological polar surface area (TPSA) is 38.5 Å². The Morgan fingerprint density at radius 3 is 2.67 bits per heavy atom. The van der Waals surface area contributed by atoms with Crippen LogP contribution in [0, 0.1) is 0 Å². The summed E-state index contributed by atoms with van der Waals surface area (Å²) in [5.74, 6) is 0.967. The van der Waals surface area contributed by atoms with Crippen LogP contribution in [0.1, 0.15) is 57.6 Å². The monoisotopic (exact) mass is 290 g/mol. The van der Waals surface area contributed by atoms with Crippen molar-refractivity contribution in [3.63, 3.8) is 0 Å². The zero-order chi connectivity index (χ0) is 15.1. The van der Waals surface area contributed by atoms with E-state index in [2.05, 4.69) is 43.0 Å². The van der Waals surface area contributed by atoms with Crippen LogP contribution < -0.4 is 10.5 Å². The van der Waals surface area contributed by atoms with Crippen molar-refractivity contribution >= 4 is 0 Å². The van der Waals surface area contributed by atoms with Crippen LogP contribution in [0.25, 0.3) is 0 Å². The molecule has 2 unspecified atom stereocenters. The van der Waals surface area contributed by atoms with E-state index in [4.69, 9.17) is 10.5 Å². The summed E-state index contributed by atoms with van der Waals surface area (Å²) in [6.45, 7) is 7.15. The summed E-state index contributed by atoms with van der Waals surface area (Å²) in [5, 5.41) is 0. The molecule has 0 aliphatic carbocycles. The molecule has 1 aromatic carbocycles. The summed E-state index contributed by atoms with van der Waals surface area (Å²) in [5.41, 5.74) is 7.38. The van der Waals surface area contributed by atoms with E-state index >= 15 is 0 Å². The van der Waals surface area contributed by atoms with Gasteiger partial charge in [0, 0.05) is 18.6 Å². The van der Waals surface area contributed by atoms with Gasteiger partial charge < -0.3 is 10.5 Å². The van der Waals surface area contributed by atoms with Gasteiger partial charge >= 0.3 is 0 Å². The Morgan fingerprint density at radius 1 is 1.29 bits per heavy atom. The van der Waals surface area contributed by atoms with Crippen molar-refractivity contribution in [3.8, 4) is 5.75 Å². The first-order valence-corrected chi connectivity index (χ1v) is 8.44. The number of hydrogen-bond acceptors (Lipinski definition) is 3. The predicted octanol–water partition coefficient (Wildman–Crippen LogP) is 3.74. The van der Waals surface area contributed by atoms with E-state index in [0.29, 0.717) is 18.6 Å². The van der Waals surface area contributed by atoms with E-state index in [9.17, 15) is 0 Å². The first kappa shape index (κ1) is 16.3. The largest absolute Gasteiger partial charge is 0.494 e. The molecule has 2 N–H and O–H groups in total. The number of ether oxygens (including phenoxy) is 1. The zero-order valence-electron chi connectivity index (χ0n) is 13.6. The molecule has 1 aliphatic rings. The van der Waals surface area contributed by atoms with Gasteiger partial charge in [0.05, 0.1) is 6.61 Å². The van der Waals surface area contributed by atoms with Crippen molar-refractivity contribution in [2.45, 2.75) is 58.0 Å². The van der Waals surface area contributed by atoms with E-state index in [1.54, 1.807) is 0 Å². The number of likely N-dealkylation sites (tertiary alicyclic amines) is 1. The quantitative estimate of drug-likeness (QED) is 0.777. The number of piperidine rings is 1. The van der Waals surface area contributed by atoms with Gasteiger partial charge in [0.2, 0.25) is 0 Å². The Labute approximate surface area is 129 Å². The second-order valence-corrected chi connectivity index (χ2v) is 6.11. The van der Waals surface area contributed by atoms with Crippen LogP contribution in [-0.2, 0) is 0 Å². The molecule has 118 valence electrons. The van der Waals surface area contributed by atoms with Crippen LogP contribution in [-0.4, -0.2) is 30.6 Å². The third-order valence-corrected chi connectivity index (χ3v) is 4.51. The Morgan fingerprint density at radius 2 is 2.05 bits per heavy atom. The fourth-order valence-corrected chi connectivity index (χ4v) is 3.17. The molecule has 1 aromatic rings. The van der Waals surface area contributed by atoms with E-state index in [0.717, 1.165) is 25.3 Å². The van der Waals surface area contributed by atoms with Gasteiger partial charge in [-0.25, -0.2) is 0 Å². The number of nitrogens with two attached hydrogens (primary N) is 1. The molecule has 1 saturated heterocycles. The average molecular weight is 290 g/mol. The second-order valence-electron chi connectivity index (χ2n) is 6.11. The van der Waals surface area contributed by atoms with Crippen molar-refractivity contribution in [3.05, 3.63) is 29.8 Å². The van der Waals surface area contributed by atoms with Gasteiger partial charge in [0.25, 0.3) is 0 Å². The predicted molar refractivity (Wildman–Crippen MR) is 88.7 cm³/mol. The highest BCUT2D eigenvalue weighted by atomic mass is 16.5. The van der Waals surface area contributed by atoms with Crippen LogP contribution in [0.5, 0.6) is 5.75 Å². The summed E-state index contributed by atoms with van der Waals surface area (Å²) in [6, 6.07) is 9.50. The first-order valence-electron chi connectivity index (χ1n) is 8.44. The maximum Gasteiger partial charge on any atom is 0.119 e. The van der Waals surface area contributed by atoms with Crippen LogP contribution in [0.3, 0.4) is 0 Å². The summed E-state index contributed by atoms with van der Waals surface area (Å²) in [7, 11) is 0. The van der Waals surface area contributed by atoms with Gasteiger partial charge in [-0.1, -0.05) is 31.9 Å². The van der Waals surface area contributed by atoms with Crippen molar-refractivity contribution < 1.29 is 4.74 Å². The van der Waals surface area contributed by atoms with Crippen LogP contribution in [0.4, 0.5) is 0 Å². The van der Waals surface area contributed by atoms with Crippen molar-refractivity contribution in [2.75, 3.05) is 19.7 Å². The molecule has 1 aliphatic heterocycles. The third kappa shape index (κ3) is 4.45. The molecule has 0 aromatic heterocycles. The SMILES string of the molecule is CCCCOc1ccc(C(CN)N2CCCCC2C)cc1. The molecule has 0 amide bonds. The van der Waals surface area contributed by atoms with E-state index in [-0.39, 0.29) is 0 Å². The Balaban J connectivity index is 2.01. The van der Waals surface area contributed by atoms with E-state index < -0.39 is 0 Å². The second kappa shape index (κ2) is 8.40. The van der Waals surface area contributed by atoms with E-state index in [1.165, 1.54) is 31.2 Å². The van der Waals surface area contributed by atoms with Gasteiger partial charge in [-0.3, -0.25) is 4.90 Å². The zero-order valence-corrected chi connectivity index (χ0v) is 13.6. The summed E-state index contributed by atoms with van der Waals surface area (Å²) < 4.78 is 5.74. The van der Waals surface area contributed by atoms with Crippen molar-refractivity contribution in [2.24, 2.45) is 5.73 Å². The highest BCUT2D eigenvalue weighted by molar-refractivity contribution is 5.29. The average Bonchev–Trinajstić information content (AvgIpc) is 2.51. The van der Waals surface area contributed by atoms with Crippen LogP contribution in [0.15, 0.2) is 24.3 Å². The number of unbranched alkanes of at least 4 members (excludes halogenated alkanes) is 1. The van der Waals surface area contributed by atoms with Gasteiger partial charge in [-0.05, 0) is 50.4 Å².